The first-order valence-electron chi connectivity index (χ1n) is 15.1. The van der Waals surface area contributed by atoms with E-state index in [2.05, 4.69) is 15.5 Å². The van der Waals surface area contributed by atoms with E-state index >= 15 is 0 Å². The molecule has 3 heterocycles. The Balaban J connectivity index is 1.25. The Morgan fingerprint density at radius 3 is 2.53 bits per heavy atom. The van der Waals surface area contributed by atoms with Crippen molar-refractivity contribution in [2.45, 2.75) is 31.1 Å². The van der Waals surface area contributed by atoms with Gasteiger partial charge in [-0.25, -0.2) is 5.01 Å². The second kappa shape index (κ2) is 14.7. The Morgan fingerprint density at radius 1 is 1.04 bits per heavy atom. The third-order valence-corrected chi connectivity index (χ3v) is 9.63. The topological polar surface area (TPSA) is 154 Å². The molecular formula is C34H31N7O6S2. The number of ether oxygens (including phenoxy) is 2. The molecule has 0 spiro atoms. The summed E-state index contributed by atoms with van der Waals surface area (Å²) in [5.41, 5.74) is 3.51. The van der Waals surface area contributed by atoms with Gasteiger partial charge in [0.2, 0.25) is 0 Å². The van der Waals surface area contributed by atoms with Crippen LogP contribution in [0.4, 0.5) is 5.69 Å². The second-order valence-electron chi connectivity index (χ2n) is 10.9. The van der Waals surface area contributed by atoms with Crippen molar-refractivity contribution in [1.82, 2.24) is 25.1 Å². The molecule has 13 nitrogen and oxygen atoms in total. The zero-order valence-electron chi connectivity index (χ0n) is 26.7. The van der Waals surface area contributed by atoms with Crippen LogP contribution in [-0.2, 0) is 11.3 Å². The number of carbonyl (C=O) groups is 2. The number of carbonyl (C=O) groups excluding carboxylic acids is 2. The number of amides is 2. The van der Waals surface area contributed by atoms with Gasteiger partial charge in [-0.15, -0.1) is 21.5 Å². The Hall–Kier alpha value is -5.54. The summed E-state index contributed by atoms with van der Waals surface area (Å²) in [6.45, 7) is 1.98. The number of methoxy groups -OCH3 is 2. The van der Waals surface area contributed by atoms with Gasteiger partial charge in [0, 0.05) is 35.4 Å². The normalized spacial score (nSPS) is 14.0. The molecular weight excluding hydrogens is 667 g/mol. The molecule has 2 aromatic heterocycles. The molecule has 1 N–H and O–H groups in total. The molecule has 0 unspecified atom stereocenters. The Morgan fingerprint density at radius 2 is 1.84 bits per heavy atom. The lowest BCUT2D eigenvalue weighted by atomic mass is 9.99. The van der Waals surface area contributed by atoms with E-state index in [1.807, 2.05) is 66.9 Å². The van der Waals surface area contributed by atoms with Gasteiger partial charge in [0.1, 0.15) is 0 Å². The van der Waals surface area contributed by atoms with Gasteiger partial charge in [-0.1, -0.05) is 42.1 Å². The molecule has 1 aliphatic rings. The van der Waals surface area contributed by atoms with Gasteiger partial charge in [-0.2, -0.15) is 5.10 Å². The van der Waals surface area contributed by atoms with E-state index in [0.717, 1.165) is 27.4 Å². The van der Waals surface area contributed by atoms with Crippen LogP contribution in [0.25, 0.3) is 5.69 Å². The molecule has 2 amide bonds. The lowest BCUT2D eigenvalue weighted by Gasteiger charge is -2.24. The van der Waals surface area contributed by atoms with Crippen LogP contribution >= 0.6 is 23.1 Å². The third-order valence-electron chi connectivity index (χ3n) is 7.80. The fraction of sp³-hybridized carbons (Fsp3) is 0.206. The van der Waals surface area contributed by atoms with Gasteiger partial charge in [0.25, 0.3) is 17.5 Å². The predicted octanol–water partition coefficient (Wildman–Crippen LogP) is 5.96. The quantitative estimate of drug-likeness (QED) is 0.0945. The fourth-order valence-electron chi connectivity index (χ4n) is 5.47. The molecule has 0 bridgehead atoms. The number of hydrazone groups is 1. The maximum absolute atomic E-state index is 14.0. The SMILES string of the molecule is COc1cccc([C@H]2CC(c3cccs3)=NN2C(=O)CSc2nnc(CNC(=O)c3ccc([N+](=O)[O-])cc3)n2-c2cccc(C)c2)c1OC. The van der Waals surface area contributed by atoms with Crippen LogP contribution in [0.1, 0.15) is 44.6 Å². The summed E-state index contributed by atoms with van der Waals surface area (Å²) in [5, 5.41) is 31.3. The van der Waals surface area contributed by atoms with Crippen LogP contribution in [-0.4, -0.2) is 62.2 Å². The number of nitrogens with one attached hydrogen (secondary N) is 1. The van der Waals surface area contributed by atoms with Crippen molar-refractivity contribution < 1.29 is 24.0 Å². The minimum atomic E-state index is -0.523. The molecule has 15 heteroatoms. The van der Waals surface area contributed by atoms with Gasteiger partial charge < -0.3 is 14.8 Å². The number of rotatable bonds is 12. The summed E-state index contributed by atoms with van der Waals surface area (Å²) >= 11 is 2.77. The summed E-state index contributed by atoms with van der Waals surface area (Å²) in [4.78, 5) is 38.3. The van der Waals surface area contributed by atoms with Gasteiger partial charge in [0.15, 0.2) is 22.5 Å². The Bertz CT molecular complexity index is 2030. The number of thioether (sulfide) groups is 1. The second-order valence-corrected chi connectivity index (χ2v) is 12.8. The van der Waals surface area contributed by atoms with E-state index < -0.39 is 16.9 Å². The van der Waals surface area contributed by atoms with Crippen molar-refractivity contribution in [3.63, 3.8) is 0 Å². The van der Waals surface area contributed by atoms with Crippen molar-refractivity contribution in [2.24, 2.45) is 5.10 Å². The Labute approximate surface area is 289 Å². The van der Waals surface area contributed by atoms with E-state index in [1.165, 1.54) is 41.0 Å². The number of nitro groups is 1. The van der Waals surface area contributed by atoms with Crippen molar-refractivity contribution in [3.8, 4) is 17.2 Å². The third kappa shape index (κ3) is 7.17. The number of nitro benzene ring substituents is 1. The zero-order valence-corrected chi connectivity index (χ0v) is 28.4. The van der Waals surface area contributed by atoms with Gasteiger partial charge in [-0.3, -0.25) is 24.3 Å². The molecule has 5 aromatic rings. The van der Waals surface area contributed by atoms with Crippen LogP contribution in [0.5, 0.6) is 11.5 Å². The standard InChI is InChI=1S/C34H31N7O6S2/c1-21-7-4-8-24(17-21)39-30(19-35-33(43)22-12-14-23(15-13-22)41(44)45)36-37-34(39)49-20-31(42)40-27(18-26(38-40)29-11-6-16-48-29)25-9-5-10-28(46-2)32(25)47-3/h4-17,27H,18-20H2,1-3H3,(H,35,43)/t27-/m1/s1. The number of non-ortho nitro benzene ring substituents is 1. The van der Waals surface area contributed by atoms with Crippen molar-refractivity contribution in [3.05, 3.63) is 122 Å². The molecule has 49 heavy (non-hydrogen) atoms. The first-order valence-corrected chi connectivity index (χ1v) is 16.9. The van der Waals surface area contributed by atoms with Crippen LogP contribution < -0.4 is 14.8 Å². The first-order chi connectivity index (χ1) is 23.8. The predicted molar refractivity (Wildman–Crippen MR) is 186 cm³/mol. The highest BCUT2D eigenvalue weighted by Crippen LogP contribution is 2.42. The summed E-state index contributed by atoms with van der Waals surface area (Å²) in [7, 11) is 3.15. The highest BCUT2D eigenvalue weighted by molar-refractivity contribution is 7.99. The van der Waals surface area contributed by atoms with E-state index in [4.69, 9.17) is 14.6 Å². The molecule has 0 saturated heterocycles. The Kier molecular flexibility index (Phi) is 10.0. The molecule has 0 aliphatic carbocycles. The highest BCUT2D eigenvalue weighted by Gasteiger charge is 2.36. The maximum atomic E-state index is 14.0. The molecule has 1 aliphatic heterocycles. The van der Waals surface area contributed by atoms with Crippen molar-refractivity contribution in [1.29, 1.82) is 0 Å². The average molecular weight is 698 g/mol. The zero-order chi connectivity index (χ0) is 34.5. The highest BCUT2D eigenvalue weighted by atomic mass is 32.2. The van der Waals surface area contributed by atoms with Crippen LogP contribution in [0, 0.1) is 17.0 Å². The number of aromatic nitrogens is 3. The molecule has 0 radical (unpaired) electrons. The summed E-state index contributed by atoms with van der Waals surface area (Å²) < 4.78 is 13.1. The lowest BCUT2D eigenvalue weighted by Crippen LogP contribution is -2.29. The number of nitrogens with zero attached hydrogens (tertiary/aromatic N) is 6. The minimum Gasteiger partial charge on any atom is -0.493 e. The van der Waals surface area contributed by atoms with Gasteiger partial charge in [-0.05, 0) is 54.3 Å². The van der Waals surface area contributed by atoms with Crippen LogP contribution in [0.2, 0.25) is 0 Å². The van der Waals surface area contributed by atoms with Crippen LogP contribution in [0.15, 0.2) is 94.5 Å². The fourth-order valence-corrected chi connectivity index (χ4v) is 7.02. The molecule has 1 atom stereocenters. The minimum absolute atomic E-state index is 0.00308. The van der Waals surface area contributed by atoms with E-state index in [1.54, 1.807) is 30.1 Å². The van der Waals surface area contributed by atoms with Crippen molar-refractivity contribution >= 4 is 46.3 Å². The van der Waals surface area contributed by atoms with Crippen molar-refractivity contribution in [2.75, 3.05) is 20.0 Å². The molecule has 0 saturated carbocycles. The molecule has 3 aromatic carbocycles. The van der Waals surface area contributed by atoms with E-state index in [0.29, 0.717) is 28.9 Å². The molecule has 250 valence electrons. The van der Waals surface area contributed by atoms with E-state index in [-0.39, 0.29) is 29.5 Å². The monoisotopic (exact) mass is 697 g/mol. The molecule has 6 rings (SSSR count). The van der Waals surface area contributed by atoms with Crippen LogP contribution in [0.3, 0.4) is 0 Å². The van der Waals surface area contributed by atoms with E-state index in [9.17, 15) is 19.7 Å². The number of thiophene rings is 1. The number of hydrogen-bond acceptors (Lipinski definition) is 11. The lowest BCUT2D eigenvalue weighted by molar-refractivity contribution is -0.384. The number of para-hydroxylation sites is 1. The molecule has 0 fully saturated rings. The number of aryl methyl sites for hydroxylation is 1. The number of hydrogen-bond donors (Lipinski definition) is 1. The first kappa shape index (κ1) is 33.4. The number of benzene rings is 3. The smallest absolute Gasteiger partial charge is 0.269 e. The average Bonchev–Trinajstić information content (AvgIpc) is 3.89. The summed E-state index contributed by atoms with van der Waals surface area (Å²) in [6, 6.07) is 22.2. The summed E-state index contributed by atoms with van der Waals surface area (Å²) in [6.07, 6.45) is 0.499. The summed E-state index contributed by atoms with van der Waals surface area (Å²) in [5.74, 6) is 0.884. The van der Waals surface area contributed by atoms with Gasteiger partial charge in [0.05, 0.1) is 48.1 Å². The largest absolute Gasteiger partial charge is 0.493 e. The maximum Gasteiger partial charge on any atom is 0.269 e. The van der Waals surface area contributed by atoms with Gasteiger partial charge >= 0.3 is 0 Å².